The Morgan fingerprint density at radius 1 is 0.895 bits per heavy atom. The molecule has 19 heavy (non-hydrogen) atoms. The highest BCUT2D eigenvalue weighted by Crippen LogP contribution is 2.17. The lowest BCUT2D eigenvalue weighted by atomic mass is 10.4. The predicted molar refractivity (Wildman–Crippen MR) is 85.2 cm³/mol. The maximum Gasteiger partial charge on any atom is 0.292 e. The summed E-state index contributed by atoms with van der Waals surface area (Å²) in [7, 11) is 0. The highest BCUT2D eigenvalue weighted by molar-refractivity contribution is 4.79. The summed E-state index contributed by atoms with van der Waals surface area (Å²) in [5.41, 5.74) is 0. The first kappa shape index (κ1) is 23.9. The summed E-state index contributed by atoms with van der Waals surface area (Å²) in [5, 5.41) is 6.38. The van der Waals surface area contributed by atoms with Crippen molar-refractivity contribution in [2.75, 3.05) is 19.8 Å². The van der Waals surface area contributed by atoms with Crippen LogP contribution in [0, 0.1) is 0 Å². The predicted octanol–water partition coefficient (Wildman–Crippen LogP) is 3.72. The molecular formula is C15H38N2O2. The van der Waals surface area contributed by atoms with Gasteiger partial charge in [0.15, 0.2) is 0 Å². The van der Waals surface area contributed by atoms with Gasteiger partial charge >= 0.3 is 0 Å². The van der Waals surface area contributed by atoms with Gasteiger partial charge in [-0.2, -0.15) is 0 Å². The largest absolute Gasteiger partial charge is 0.325 e. The van der Waals surface area contributed by atoms with Crippen LogP contribution in [0.15, 0.2) is 0 Å². The van der Waals surface area contributed by atoms with E-state index in [2.05, 4.69) is 17.6 Å². The van der Waals surface area contributed by atoms with E-state index in [-0.39, 0.29) is 0 Å². The van der Waals surface area contributed by atoms with E-state index in [0.717, 1.165) is 19.6 Å². The molecule has 0 radical (unpaired) electrons. The van der Waals surface area contributed by atoms with Crippen LogP contribution in [-0.4, -0.2) is 31.8 Å². The van der Waals surface area contributed by atoms with E-state index in [9.17, 15) is 0 Å². The van der Waals surface area contributed by atoms with E-state index in [1.807, 2.05) is 55.4 Å². The molecule has 0 bridgehead atoms. The van der Waals surface area contributed by atoms with E-state index in [1.54, 1.807) is 0 Å². The fourth-order valence-corrected chi connectivity index (χ4v) is 1.43. The van der Waals surface area contributed by atoms with Gasteiger partial charge in [0.1, 0.15) is 0 Å². The Hall–Kier alpha value is -0.160. The van der Waals surface area contributed by atoms with Crippen LogP contribution in [0.1, 0.15) is 68.7 Å². The minimum Gasteiger partial charge on any atom is -0.325 e. The number of nitrogens with one attached hydrogen (secondary N) is 2. The van der Waals surface area contributed by atoms with Gasteiger partial charge in [-0.05, 0) is 13.3 Å². The molecule has 4 heteroatoms. The van der Waals surface area contributed by atoms with Crippen molar-refractivity contribution in [3.8, 4) is 0 Å². The molecule has 2 heterocycles. The first-order valence-corrected chi connectivity index (χ1v) is 8.11. The number of rotatable bonds is 0. The van der Waals surface area contributed by atoms with Crippen LogP contribution in [0.4, 0.5) is 0 Å². The summed E-state index contributed by atoms with van der Waals surface area (Å²) >= 11 is 0. The highest BCUT2D eigenvalue weighted by Gasteiger charge is 2.40. The summed E-state index contributed by atoms with van der Waals surface area (Å²) < 4.78 is 10.9. The van der Waals surface area contributed by atoms with E-state index in [1.165, 1.54) is 0 Å². The van der Waals surface area contributed by atoms with E-state index >= 15 is 0 Å². The van der Waals surface area contributed by atoms with Crippen molar-refractivity contribution in [2.45, 2.75) is 80.8 Å². The second-order valence-corrected chi connectivity index (χ2v) is 3.10. The molecule has 2 aliphatic rings. The molecule has 0 aromatic carbocycles. The Kier molecular flexibility index (Phi) is 22.4. The molecule has 2 fully saturated rings. The number of hydrogen-bond donors (Lipinski definition) is 2. The summed E-state index contributed by atoms with van der Waals surface area (Å²) in [6, 6.07) is -0.280. The van der Waals surface area contributed by atoms with Gasteiger partial charge in [0.25, 0.3) is 6.03 Å². The summed E-state index contributed by atoms with van der Waals surface area (Å²) in [6.07, 6.45) is 1.06. The molecule has 0 amide bonds. The molecule has 2 rings (SSSR count). The van der Waals surface area contributed by atoms with Crippen LogP contribution in [0.2, 0.25) is 0 Å². The fourth-order valence-electron chi connectivity index (χ4n) is 1.43. The molecule has 0 aliphatic carbocycles. The number of ether oxygens (including phenoxy) is 2. The van der Waals surface area contributed by atoms with Gasteiger partial charge in [0.2, 0.25) is 0 Å². The molecule has 0 aromatic rings. The minimum atomic E-state index is -0.655. The van der Waals surface area contributed by atoms with Crippen LogP contribution in [0.5, 0.6) is 0 Å². The standard InChI is InChI=1S/C7H14N2O2.4C2H6/c1-6-5-11-7(9-6)8-3-2-4-10-7;4*1-2/h6,8-9H,2-5H2,1H3;4*1-2H3. The summed E-state index contributed by atoms with van der Waals surface area (Å²) in [5.74, 6) is 0. The third-order valence-electron chi connectivity index (χ3n) is 1.96. The van der Waals surface area contributed by atoms with Gasteiger partial charge in [-0.1, -0.05) is 55.4 Å². The zero-order valence-electron chi connectivity index (χ0n) is 14.7. The van der Waals surface area contributed by atoms with Gasteiger partial charge < -0.3 is 9.47 Å². The smallest absolute Gasteiger partial charge is 0.292 e. The molecule has 2 atom stereocenters. The number of hydrogen-bond acceptors (Lipinski definition) is 4. The molecule has 0 saturated carbocycles. The van der Waals surface area contributed by atoms with Crippen LogP contribution in [-0.2, 0) is 9.47 Å². The molecule has 120 valence electrons. The lowest BCUT2D eigenvalue weighted by molar-refractivity contribution is -0.257. The Balaban J connectivity index is -0.000000278. The van der Waals surface area contributed by atoms with Gasteiger partial charge in [-0.3, -0.25) is 5.32 Å². The average molecular weight is 278 g/mol. The van der Waals surface area contributed by atoms with Gasteiger partial charge in [-0.25, -0.2) is 5.32 Å². The maximum atomic E-state index is 5.45. The Morgan fingerprint density at radius 2 is 1.42 bits per heavy atom. The van der Waals surface area contributed by atoms with Crippen molar-refractivity contribution >= 4 is 0 Å². The minimum absolute atomic E-state index is 0.376. The lowest BCUT2D eigenvalue weighted by Crippen LogP contribution is -2.60. The van der Waals surface area contributed by atoms with Gasteiger partial charge in [0.05, 0.1) is 13.2 Å². The highest BCUT2D eigenvalue weighted by atomic mass is 16.7. The summed E-state index contributed by atoms with van der Waals surface area (Å²) in [6.45, 7) is 20.5. The average Bonchev–Trinajstić information content (AvgIpc) is 2.89. The van der Waals surface area contributed by atoms with Crippen LogP contribution in [0.25, 0.3) is 0 Å². The second kappa shape index (κ2) is 17.8. The quantitative estimate of drug-likeness (QED) is 0.708. The van der Waals surface area contributed by atoms with Gasteiger partial charge in [0, 0.05) is 12.6 Å². The first-order valence-electron chi connectivity index (χ1n) is 8.11. The third kappa shape index (κ3) is 10.3. The zero-order chi connectivity index (χ0) is 15.7. The van der Waals surface area contributed by atoms with Crippen molar-refractivity contribution in [1.82, 2.24) is 10.6 Å². The maximum absolute atomic E-state index is 5.45. The third-order valence-corrected chi connectivity index (χ3v) is 1.96. The van der Waals surface area contributed by atoms with E-state index in [4.69, 9.17) is 9.47 Å². The Morgan fingerprint density at radius 3 is 1.74 bits per heavy atom. The lowest BCUT2D eigenvalue weighted by Gasteiger charge is -2.33. The molecular weight excluding hydrogens is 240 g/mol. The molecule has 1 spiro atoms. The summed E-state index contributed by atoms with van der Waals surface area (Å²) in [4.78, 5) is 0. The van der Waals surface area contributed by atoms with Crippen molar-refractivity contribution in [3.05, 3.63) is 0 Å². The molecule has 0 aromatic heterocycles. The van der Waals surface area contributed by atoms with E-state index < -0.39 is 6.03 Å². The Bertz CT molecular complexity index is 144. The monoisotopic (exact) mass is 278 g/mol. The fraction of sp³-hybridized carbons (Fsp3) is 1.00. The SMILES string of the molecule is CC.CC.CC.CC.CC1COC2(NCCCO2)N1. The van der Waals surface area contributed by atoms with Crippen LogP contribution >= 0.6 is 0 Å². The van der Waals surface area contributed by atoms with Crippen molar-refractivity contribution in [3.63, 3.8) is 0 Å². The van der Waals surface area contributed by atoms with Gasteiger partial charge in [-0.15, -0.1) is 0 Å². The second-order valence-electron chi connectivity index (χ2n) is 3.10. The normalized spacial score (nSPS) is 27.3. The molecule has 2 saturated heterocycles. The molecule has 2 aliphatic heterocycles. The van der Waals surface area contributed by atoms with Crippen LogP contribution in [0.3, 0.4) is 0 Å². The van der Waals surface area contributed by atoms with Crippen LogP contribution < -0.4 is 10.6 Å². The molecule has 2 N–H and O–H groups in total. The topological polar surface area (TPSA) is 42.5 Å². The first-order chi connectivity index (χ1) is 9.31. The molecule has 4 nitrogen and oxygen atoms in total. The Labute approximate surface area is 121 Å². The van der Waals surface area contributed by atoms with E-state index in [0.29, 0.717) is 12.6 Å². The molecule has 2 unspecified atom stereocenters. The van der Waals surface area contributed by atoms with Crippen molar-refractivity contribution < 1.29 is 9.47 Å². The van der Waals surface area contributed by atoms with Crippen molar-refractivity contribution in [2.24, 2.45) is 0 Å². The van der Waals surface area contributed by atoms with Crippen molar-refractivity contribution in [1.29, 1.82) is 0 Å². The zero-order valence-corrected chi connectivity index (χ0v) is 14.7.